The molecular formula is C17H27N3O2S. The molecule has 1 aromatic carbocycles. The van der Waals surface area contributed by atoms with Crippen molar-refractivity contribution in [1.29, 1.82) is 0 Å². The van der Waals surface area contributed by atoms with E-state index in [9.17, 15) is 8.42 Å². The van der Waals surface area contributed by atoms with Crippen LogP contribution in [0.4, 0.5) is 0 Å². The minimum atomic E-state index is -3.26. The van der Waals surface area contributed by atoms with Crippen LogP contribution in [-0.4, -0.2) is 51.2 Å². The molecule has 23 heavy (non-hydrogen) atoms. The summed E-state index contributed by atoms with van der Waals surface area (Å²) in [5.41, 5.74) is 0. The number of likely N-dealkylation sites (tertiary alicyclic amines) is 1. The summed E-state index contributed by atoms with van der Waals surface area (Å²) in [5.74, 6) is 1.63. The van der Waals surface area contributed by atoms with Crippen LogP contribution in [0.1, 0.15) is 26.7 Å². The standard InChI is InChI=1S/C17H27N3O2S/c1-3-18-17(20-12-9-15(2)10-13-20)19-11-14-23(21,22)16-7-5-4-6-8-16/h4-8,15H,3,9-14H2,1-2H3,(H,18,19). The summed E-state index contributed by atoms with van der Waals surface area (Å²) in [6.45, 7) is 7.34. The Kier molecular flexibility index (Phi) is 6.45. The predicted octanol–water partition coefficient (Wildman–Crippen LogP) is 2.16. The molecule has 0 bridgehead atoms. The second-order valence-corrected chi connectivity index (χ2v) is 8.15. The van der Waals surface area contributed by atoms with Gasteiger partial charge in [-0.25, -0.2) is 8.42 Å². The van der Waals surface area contributed by atoms with Gasteiger partial charge in [-0.1, -0.05) is 25.1 Å². The molecule has 1 fully saturated rings. The van der Waals surface area contributed by atoms with Crippen molar-refractivity contribution in [3.05, 3.63) is 30.3 Å². The van der Waals surface area contributed by atoms with E-state index in [1.54, 1.807) is 24.3 Å². The van der Waals surface area contributed by atoms with E-state index < -0.39 is 9.84 Å². The minimum absolute atomic E-state index is 0.0378. The van der Waals surface area contributed by atoms with Crippen molar-refractivity contribution in [1.82, 2.24) is 10.2 Å². The third kappa shape index (κ3) is 5.23. The van der Waals surface area contributed by atoms with Crippen LogP contribution in [-0.2, 0) is 9.84 Å². The highest BCUT2D eigenvalue weighted by atomic mass is 32.2. The fourth-order valence-electron chi connectivity index (χ4n) is 2.66. The van der Waals surface area contributed by atoms with Gasteiger partial charge in [-0.2, -0.15) is 0 Å². The average molecular weight is 337 g/mol. The highest BCUT2D eigenvalue weighted by Crippen LogP contribution is 2.16. The number of hydrogen-bond acceptors (Lipinski definition) is 3. The molecule has 1 aliphatic heterocycles. The Bertz CT molecular complexity index is 606. The quantitative estimate of drug-likeness (QED) is 0.661. The van der Waals surface area contributed by atoms with Crippen LogP contribution in [0.15, 0.2) is 40.2 Å². The van der Waals surface area contributed by atoms with E-state index in [-0.39, 0.29) is 12.3 Å². The summed E-state index contributed by atoms with van der Waals surface area (Å²) in [7, 11) is -3.26. The van der Waals surface area contributed by atoms with E-state index in [0.29, 0.717) is 4.90 Å². The number of nitrogens with zero attached hydrogens (tertiary/aromatic N) is 2. The first kappa shape index (κ1) is 17.8. The molecule has 1 N–H and O–H groups in total. The van der Waals surface area contributed by atoms with Crippen molar-refractivity contribution in [3.8, 4) is 0 Å². The number of hydrogen-bond donors (Lipinski definition) is 1. The molecule has 0 radical (unpaired) electrons. The third-order valence-electron chi connectivity index (χ3n) is 4.14. The van der Waals surface area contributed by atoms with E-state index in [1.165, 1.54) is 0 Å². The molecule has 0 unspecified atom stereocenters. The number of guanidine groups is 1. The lowest BCUT2D eigenvalue weighted by atomic mass is 10.00. The maximum atomic E-state index is 12.3. The van der Waals surface area contributed by atoms with E-state index in [4.69, 9.17) is 0 Å². The van der Waals surface area contributed by atoms with Crippen LogP contribution in [0.2, 0.25) is 0 Å². The summed E-state index contributed by atoms with van der Waals surface area (Å²) in [6, 6.07) is 8.58. The first-order valence-corrected chi connectivity index (χ1v) is 9.99. The molecule has 0 atom stereocenters. The molecule has 1 heterocycles. The first-order valence-electron chi connectivity index (χ1n) is 8.34. The normalized spacial score (nSPS) is 17.3. The molecule has 0 spiro atoms. The Hall–Kier alpha value is -1.56. The van der Waals surface area contributed by atoms with Gasteiger partial charge in [-0.15, -0.1) is 0 Å². The van der Waals surface area contributed by atoms with E-state index >= 15 is 0 Å². The number of benzene rings is 1. The molecule has 2 rings (SSSR count). The Labute approximate surface area is 139 Å². The summed E-state index contributed by atoms with van der Waals surface area (Å²) >= 11 is 0. The smallest absolute Gasteiger partial charge is 0.193 e. The van der Waals surface area contributed by atoms with Gasteiger partial charge in [0.1, 0.15) is 0 Å². The van der Waals surface area contributed by atoms with Gasteiger partial charge < -0.3 is 10.2 Å². The minimum Gasteiger partial charge on any atom is -0.357 e. The topological polar surface area (TPSA) is 61.8 Å². The van der Waals surface area contributed by atoms with E-state index in [2.05, 4.69) is 22.1 Å². The van der Waals surface area contributed by atoms with Crippen LogP contribution in [0.3, 0.4) is 0 Å². The summed E-state index contributed by atoms with van der Waals surface area (Å²) in [5, 5.41) is 3.27. The van der Waals surface area contributed by atoms with E-state index in [1.807, 2.05) is 13.0 Å². The zero-order valence-electron chi connectivity index (χ0n) is 14.0. The molecule has 0 aliphatic carbocycles. The molecule has 5 nitrogen and oxygen atoms in total. The lowest BCUT2D eigenvalue weighted by Crippen LogP contribution is -2.45. The van der Waals surface area contributed by atoms with Crippen LogP contribution >= 0.6 is 0 Å². The van der Waals surface area contributed by atoms with Gasteiger partial charge in [0.05, 0.1) is 17.2 Å². The van der Waals surface area contributed by atoms with Gasteiger partial charge in [0.25, 0.3) is 0 Å². The van der Waals surface area contributed by atoms with Crippen LogP contribution in [0, 0.1) is 5.92 Å². The summed E-state index contributed by atoms with van der Waals surface area (Å²) in [6.07, 6.45) is 2.32. The van der Waals surface area contributed by atoms with Gasteiger partial charge in [-0.3, -0.25) is 4.99 Å². The highest BCUT2D eigenvalue weighted by Gasteiger charge is 2.19. The number of aliphatic imine (C=N–C) groups is 1. The molecule has 0 saturated carbocycles. The van der Waals surface area contributed by atoms with Gasteiger partial charge >= 0.3 is 0 Å². The van der Waals surface area contributed by atoms with Crippen LogP contribution in [0.25, 0.3) is 0 Å². The van der Waals surface area contributed by atoms with Crippen molar-refractivity contribution < 1.29 is 8.42 Å². The Balaban J connectivity index is 1.98. The third-order valence-corrected chi connectivity index (χ3v) is 5.85. The number of piperidine rings is 1. The lowest BCUT2D eigenvalue weighted by molar-refractivity contribution is 0.273. The van der Waals surface area contributed by atoms with E-state index in [0.717, 1.165) is 44.4 Å². The fourth-order valence-corrected chi connectivity index (χ4v) is 3.80. The van der Waals surface area contributed by atoms with Gasteiger partial charge in [0.2, 0.25) is 0 Å². The highest BCUT2D eigenvalue weighted by molar-refractivity contribution is 7.91. The second kappa shape index (κ2) is 8.34. The fraction of sp³-hybridized carbons (Fsp3) is 0.588. The van der Waals surface area contributed by atoms with Gasteiger partial charge in [0, 0.05) is 19.6 Å². The van der Waals surface area contributed by atoms with Crippen molar-refractivity contribution in [2.45, 2.75) is 31.6 Å². The molecule has 6 heteroatoms. The molecule has 1 aliphatic rings. The number of nitrogens with one attached hydrogen (secondary N) is 1. The van der Waals surface area contributed by atoms with Crippen molar-refractivity contribution in [3.63, 3.8) is 0 Å². The van der Waals surface area contributed by atoms with Crippen molar-refractivity contribution >= 4 is 15.8 Å². The SMILES string of the molecule is CCNC(=NCCS(=O)(=O)c1ccccc1)N1CCC(C)CC1. The first-order chi connectivity index (χ1) is 11.0. The number of rotatable bonds is 5. The summed E-state index contributed by atoms with van der Waals surface area (Å²) < 4.78 is 24.6. The zero-order valence-corrected chi connectivity index (χ0v) is 14.8. The maximum absolute atomic E-state index is 12.3. The maximum Gasteiger partial charge on any atom is 0.193 e. The molecular weight excluding hydrogens is 310 g/mol. The number of sulfone groups is 1. The Morgan fingerprint density at radius 1 is 1.26 bits per heavy atom. The van der Waals surface area contributed by atoms with Crippen molar-refractivity contribution in [2.75, 3.05) is 31.9 Å². The largest absolute Gasteiger partial charge is 0.357 e. The molecule has 1 aromatic rings. The van der Waals surface area contributed by atoms with Crippen LogP contribution in [0.5, 0.6) is 0 Å². The molecule has 0 amide bonds. The average Bonchev–Trinajstić information content (AvgIpc) is 2.56. The molecule has 1 saturated heterocycles. The summed E-state index contributed by atoms with van der Waals surface area (Å²) in [4.78, 5) is 7.13. The second-order valence-electron chi connectivity index (χ2n) is 6.04. The molecule has 0 aromatic heterocycles. The lowest BCUT2D eigenvalue weighted by Gasteiger charge is -2.33. The zero-order chi connectivity index (χ0) is 16.7. The Morgan fingerprint density at radius 3 is 2.52 bits per heavy atom. The molecule has 128 valence electrons. The van der Waals surface area contributed by atoms with Gasteiger partial charge in [0.15, 0.2) is 15.8 Å². The monoisotopic (exact) mass is 337 g/mol. The Morgan fingerprint density at radius 2 is 1.91 bits per heavy atom. The van der Waals surface area contributed by atoms with Crippen molar-refractivity contribution in [2.24, 2.45) is 10.9 Å². The van der Waals surface area contributed by atoms with Crippen LogP contribution < -0.4 is 5.32 Å². The predicted molar refractivity (Wildman–Crippen MR) is 94.4 cm³/mol. The van der Waals surface area contributed by atoms with Gasteiger partial charge in [-0.05, 0) is 37.8 Å².